The molecule has 0 aromatic heterocycles. The fourth-order valence-corrected chi connectivity index (χ4v) is 1.51. The third-order valence-electron chi connectivity index (χ3n) is 1.83. The molecule has 0 saturated carbocycles. The summed E-state index contributed by atoms with van der Waals surface area (Å²) in [5.41, 5.74) is 0.629. The molecule has 0 heterocycles. The number of hydrogen-bond acceptors (Lipinski definition) is 2. The number of ether oxygens (including phenoxy) is 1. The van der Waals surface area contributed by atoms with Gasteiger partial charge in [-0.3, -0.25) is 0 Å². The van der Waals surface area contributed by atoms with E-state index < -0.39 is 16.1 Å². The summed E-state index contributed by atoms with van der Waals surface area (Å²) in [6, 6.07) is 8.36. The van der Waals surface area contributed by atoms with Gasteiger partial charge in [-0.2, -0.15) is 0 Å². The molecular formula is C10H11Cl3N2O2. The summed E-state index contributed by atoms with van der Waals surface area (Å²) in [7, 11) is 1.33. The molecule has 2 N–H and O–H groups in total. The van der Waals surface area contributed by atoms with Crippen LogP contribution in [0.25, 0.3) is 0 Å². The summed E-state index contributed by atoms with van der Waals surface area (Å²) in [6.07, 6.45) is -1.03. The van der Waals surface area contributed by atoms with Gasteiger partial charge in [0.25, 0.3) is 0 Å². The molecule has 4 nitrogen and oxygen atoms in total. The fraction of sp³-hybridized carbons (Fsp3) is 0.300. The first-order valence-corrected chi connectivity index (χ1v) is 5.79. The van der Waals surface area contributed by atoms with Crippen LogP contribution >= 0.6 is 34.8 Å². The highest BCUT2D eigenvalue weighted by atomic mass is 35.6. The molecule has 0 fully saturated rings. The molecule has 0 bridgehead atoms. The van der Waals surface area contributed by atoms with Gasteiger partial charge in [-0.25, -0.2) is 4.79 Å². The van der Waals surface area contributed by atoms with Gasteiger partial charge in [0, 0.05) is 12.8 Å². The van der Waals surface area contributed by atoms with E-state index in [9.17, 15) is 4.79 Å². The highest BCUT2D eigenvalue weighted by molar-refractivity contribution is 6.68. The Morgan fingerprint density at radius 1 is 1.29 bits per heavy atom. The van der Waals surface area contributed by atoms with E-state index in [-0.39, 0.29) is 0 Å². The molecule has 0 spiro atoms. The third kappa shape index (κ3) is 5.00. The molecular weight excluding hydrogens is 286 g/mol. The topological polar surface area (TPSA) is 50.4 Å². The Morgan fingerprint density at radius 3 is 2.35 bits per heavy atom. The average molecular weight is 298 g/mol. The SMILES string of the molecule is COC(NC(=O)Nc1ccccc1)C(Cl)(Cl)Cl. The van der Waals surface area contributed by atoms with Crippen molar-refractivity contribution in [2.24, 2.45) is 0 Å². The van der Waals surface area contributed by atoms with Crippen LogP contribution in [-0.2, 0) is 4.74 Å². The molecule has 94 valence electrons. The lowest BCUT2D eigenvalue weighted by Gasteiger charge is -2.23. The van der Waals surface area contributed by atoms with Crippen LogP contribution in [0.2, 0.25) is 0 Å². The molecule has 0 radical (unpaired) electrons. The molecule has 1 aromatic carbocycles. The van der Waals surface area contributed by atoms with Crippen LogP contribution in [0, 0.1) is 0 Å². The van der Waals surface area contributed by atoms with Crippen molar-refractivity contribution >= 4 is 46.5 Å². The lowest BCUT2D eigenvalue weighted by atomic mass is 10.3. The van der Waals surface area contributed by atoms with Gasteiger partial charge in [0.05, 0.1) is 0 Å². The molecule has 0 saturated heterocycles. The number of carbonyl (C=O) groups is 1. The van der Waals surface area contributed by atoms with Gasteiger partial charge in [0.1, 0.15) is 0 Å². The maximum Gasteiger partial charge on any atom is 0.321 e. The summed E-state index contributed by atoms with van der Waals surface area (Å²) < 4.78 is 3.12. The van der Waals surface area contributed by atoms with E-state index in [0.29, 0.717) is 5.69 Å². The van der Waals surface area contributed by atoms with Crippen molar-refractivity contribution in [1.82, 2.24) is 5.32 Å². The summed E-state index contributed by atoms with van der Waals surface area (Å²) in [6.45, 7) is 0. The Labute approximate surface area is 114 Å². The third-order valence-corrected chi connectivity index (χ3v) is 2.42. The maximum atomic E-state index is 11.6. The van der Waals surface area contributed by atoms with Crippen LogP contribution in [0.1, 0.15) is 0 Å². The van der Waals surface area contributed by atoms with E-state index in [1.165, 1.54) is 7.11 Å². The van der Waals surface area contributed by atoms with Crippen molar-refractivity contribution in [2.75, 3.05) is 12.4 Å². The minimum atomic E-state index is -1.73. The van der Waals surface area contributed by atoms with E-state index >= 15 is 0 Å². The number of anilines is 1. The van der Waals surface area contributed by atoms with Crippen molar-refractivity contribution in [3.8, 4) is 0 Å². The number of carbonyl (C=O) groups excluding carboxylic acids is 1. The van der Waals surface area contributed by atoms with E-state index in [4.69, 9.17) is 39.5 Å². The van der Waals surface area contributed by atoms with Crippen LogP contribution in [-0.4, -0.2) is 23.2 Å². The first-order chi connectivity index (χ1) is 7.93. The van der Waals surface area contributed by atoms with E-state index in [1.807, 2.05) is 6.07 Å². The first kappa shape index (κ1) is 14.4. The molecule has 1 unspecified atom stereocenters. The van der Waals surface area contributed by atoms with Crippen molar-refractivity contribution in [2.45, 2.75) is 10.0 Å². The quantitative estimate of drug-likeness (QED) is 0.665. The van der Waals surface area contributed by atoms with Gasteiger partial charge in [0.15, 0.2) is 6.23 Å². The monoisotopic (exact) mass is 296 g/mol. The molecule has 2 amide bonds. The number of amides is 2. The lowest BCUT2D eigenvalue weighted by molar-refractivity contribution is 0.0864. The predicted octanol–water partition coefficient (Wildman–Crippen LogP) is 3.15. The number of nitrogens with one attached hydrogen (secondary N) is 2. The largest absolute Gasteiger partial charge is 0.357 e. The zero-order valence-corrected chi connectivity index (χ0v) is 11.2. The summed E-state index contributed by atoms with van der Waals surface area (Å²) in [4.78, 5) is 11.6. The highest BCUT2D eigenvalue weighted by Gasteiger charge is 2.34. The van der Waals surface area contributed by atoms with Crippen LogP contribution in [0.5, 0.6) is 0 Å². The van der Waals surface area contributed by atoms with E-state index in [2.05, 4.69) is 10.6 Å². The Kier molecular flexibility index (Phi) is 5.33. The summed E-state index contributed by atoms with van der Waals surface area (Å²) in [5.74, 6) is 0. The van der Waals surface area contributed by atoms with Crippen LogP contribution < -0.4 is 10.6 Å². The maximum absolute atomic E-state index is 11.6. The average Bonchev–Trinajstić information content (AvgIpc) is 2.25. The first-order valence-electron chi connectivity index (χ1n) is 4.65. The second-order valence-electron chi connectivity index (χ2n) is 3.12. The number of rotatable bonds is 3. The molecule has 0 aliphatic carbocycles. The van der Waals surface area contributed by atoms with Gasteiger partial charge >= 0.3 is 6.03 Å². The Balaban J connectivity index is 2.55. The highest BCUT2D eigenvalue weighted by Crippen LogP contribution is 2.30. The fourth-order valence-electron chi connectivity index (χ4n) is 1.08. The summed E-state index contributed by atoms with van der Waals surface area (Å²) >= 11 is 16.8. The molecule has 17 heavy (non-hydrogen) atoms. The molecule has 1 atom stereocenters. The number of halogens is 3. The molecule has 1 rings (SSSR count). The smallest absolute Gasteiger partial charge is 0.321 e. The Bertz CT molecular complexity index is 368. The number of hydrogen-bond donors (Lipinski definition) is 2. The van der Waals surface area contributed by atoms with Crippen LogP contribution in [0.15, 0.2) is 30.3 Å². The minimum Gasteiger partial charge on any atom is -0.357 e. The molecule has 0 aliphatic rings. The number of para-hydroxylation sites is 1. The molecule has 0 aliphatic heterocycles. The standard InChI is InChI=1S/C10H11Cl3N2O2/c1-17-8(10(11,12)13)15-9(16)14-7-5-3-2-4-6-7/h2-6,8H,1H3,(H2,14,15,16). The predicted molar refractivity (Wildman–Crippen MR) is 69.7 cm³/mol. The van der Waals surface area contributed by atoms with E-state index in [1.54, 1.807) is 24.3 Å². The zero-order valence-electron chi connectivity index (χ0n) is 8.91. The molecule has 7 heteroatoms. The normalized spacial score (nSPS) is 12.9. The minimum absolute atomic E-state index is 0.519. The number of benzene rings is 1. The number of urea groups is 1. The second-order valence-corrected chi connectivity index (χ2v) is 5.49. The van der Waals surface area contributed by atoms with Crippen molar-refractivity contribution in [3.05, 3.63) is 30.3 Å². The van der Waals surface area contributed by atoms with Crippen molar-refractivity contribution in [1.29, 1.82) is 0 Å². The van der Waals surface area contributed by atoms with Gasteiger partial charge in [0.2, 0.25) is 3.79 Å². The van der Waals surface area contributed by atoms with Crippen LogP contribution in [0.3, 0.4) is 0 Å². The second kappa shape index (κ2) is 6.31. The Hall–Kier alpha value is -0.680. The number of methoxy groups -OCH3 is 1. The van der Waals surface area contributed by atoms with Gasteiger partial charge in [-0.15, -0.1) is 0 Å². The van der Waals surface area contributed by atoms with E-state index in [0.717, 1.165) is 0 Å². The van der Waals surface area contributed by atoms with Crippen molar-refractivity contribution in [3.63, 3.8) is 0 Å². The lowest BCUT2D eigenvalue weighted by Crippen LogP contribution is -2.46. The molecule has 1 aromatic rings. The van der Waals surface area contributed by atoms with Crippen molar-refractivity contribution < 1.29 is 9.53 Å². The van der Waals surface area contributed by atoms with Crippen LogP contribution in [0.4, 0.5) is 10.5 Å². The van der Waals surface area contributed by atoms with Gasteiger partial charge in [-0.1, -0.05) is 53.0 Å². The summed E-state index contributed by atoms with van der Waals surface area (Å²) in [5, 5.41) is 4.96. The van der Waals surface area contributed by atoms with Gasteiger partial charge < -0.3 is 15.4 Å². The van der Waals surface area contributed by atoms with Gasteiger partial charge in [-0.05, 0) is 12.1 Å². The zero-order chi connectivity index (χ0) is 12.9. The number of alkyl halides is 3. The Morgan fingerprint density at radius 2 is 1.88 bits per heavy atom.